The van der Waals surface area contributed by atoms with Crippen LogP contribution in [0, 0.1) is 0 Å². The minimum Gasteiger partial charge on any atom is -0.288 e. The minimum absolute atomic E-state index is 0.885. The third kappa shape index (κ3) is 1.06. The second-order valence-corrected chi connectivity index (χ2v) is 2.18. The van der Waals surface area contributed by atoms with Gasteiger partial charge in [-0.3, -0.25) is 4.99 Å². The first-order valence-electron chi connectivity index (χ1n) is 2.17. The topological polar surface area (TPSA) is 12.4 Å². The van der Waals surface area contributed by atoms with Crippen molar-refractivity contribution in [1.82, 2.24) is 0 Å². The molecule has 0 atom stereocenters. The van der Waals surface area contributed by atoms with Crippen LogP contribution >= 0.6 is 11.8 Å². The fourth-order valence-electron chi connectivity index (χ4n) is 0.474. The molecule has 1 heterocycles. The van der Waals surface area contributed by atoms with E-state index in [1.54, 1.807) is 11.8 Å². The van der Waals surface area contributed by atoms with E-state index in [2.05, 4.69) is 17.3 Å². The van der Waals surface area contributed by atoms with Crippen molar-refractivity contribution in [3.8, 4) is 0 Å². The predicted octanol–water partition coefficient (Wildman–Crippen LogP) is 1.32. The van der Waals surface area contributed by atoms with Gasteiger partial charge in [0.1, 0.15) is 0 Å². The molecule has 0 spiro atoms. The smallest absolute Gasteiger partial charge is 0.0585 e. The van der Waals surface area contributed by atoms with Gasteiger partial charge >= 0.3 is 0 Å². The van der Waals surface area contributed by atoms with Crippen LogP contribution in [0.1, 0.15) is 0 Å². The molecule has 0 bridgehead atoms. The summed E-state index contributed by atoms with van der Waals surface area (Å²) in [6, 6.07) is 0. The lowest BCUT2D eigenvalue weighted by Gasteiger charge is -1.82. The van der Waals surface area contributed by atoms with E-state index in [1.165, 1.54) is 4.91 Å². The molecular weight excluding hydrogens is 106 g/mol. The van der Waals surface area contributed by atoms with E-state index in [-0.39, 0.29) is 0 Å². The normalized spacial score (nSPS) is 17.6. The molecule has 0 aromatic rings. The molecular formula is C5H7NS. The first-order valence-corrected chi connectivity index (χ1v) is 3.40. The van der Waals surface area contributed by atoms with Gasteiger partial charge in [-0.05, 0) is 12.3 Å². The minimum atomic E-state index is 0.885. The summed E-state index contributed by atoms with van der Waals surface area (Å²) in [5.41, 5.74) is 0. The van der Waals surface area contributed by atoms with Gasteiger partial charge in [-0.25, -0.2) is 0 Å². The van der Waals surface area contributed by atoms with E-state index in [1.807, 2.05) is 6.21 Å². The Labute approximate surface area is 47.5 Å². The van der Waals surface area contributed by atoms with Gasteiger partial charge in [0.05, 0.1) is 6.54 Å². The number of hydrogen-bond donors (Lipinski definition) is 0. The van der Waals surface area contributed by atoms with Gasteiger partial charge in [0.25, 0.3) is 0 Å². The van der Waals surface area contributed by atoms with Gasteiger partial charge in [-0.15, -0.1) is 11.8 Å². The van der Waals surface area contributed by atoms with E-state index >= 15 is 0 Å². The highest BCUT2D eigenvalue weighted by Gasteiger charge is 1.92. The van der Waals surface area contributed by atoms with Crippen LogP contribution in [-0.2, 0) is 0 Å². The Morgan fingerprint density at radius 2 is 2.71 bits per heavy atom. The number of rotatable bonds is 1. The van der Waals surface area contributed by atoms with Crippen molar-refractivity contribution in [2.75, 3.05) is 12.8 Å². The largest absolute Gasteiger partial charge is 0.288 e. The van der Waals surface area contributed by atoms with Gasteiger partial charge in [-0.2, -0.15) is 0 Å². The zero-order valence-corrected chi connectivity index (χ0v) is 5.03. The summed E-state index contributed by atoms with van der Waals surface area (Å²) in [4.78, 5) is 5.29. The fourth-order valence-corrected chi connectivity index (χ4v) is 0.895. The summed E-state index contributed by atoms with van der Waals surface area (Å²) < 4.78 is 0. The molecule has 0 N–H and O–H groups in total. The number of hydrogen-bond acceptors (Lipinski definition) is 2. The van der Waals surface area contributed by atoms with E-state index in [9.17, 15) is 0 Å². The standard InChI is InChI=1S/C5H7NS/c1-7-5-2-3-6-4-5/h2,4H,3H2,1H3. The van der Waals surface area contributed by atoms with Crippen LogP contribution in [0.2, 0.25) is 0 Å². The van der Waals surface area contributed by atoms with Crippen molar-refractivity contribution >= 4 is 18.0 Å². The van der Waals surface area contributed by atoms with Crippen LogP contribution in [0.3, 0.4) is 0 Å². The Morgan fingerprint density at radius 3 is 3.00 bits per heavy atom. The Morgan fingerprint density at radius 1 is 1.86 bits per heavy atom. The summed E-state index contributed by atoms with van der Waals surface area (Å²) in [6.45, 7) is 0.885. The van der Waals surface area contributed by atoms with Crippen molar-refractivity contribution in [3.63, 3.8) is 0 Å². The molecule has 1 rings (SSSR count). The molecule has 0 saturated carbocycles. The predicted molar refractivity (Wildman–Crippen MR) is 35.0 cm³/mol. The molecule has 0 fully saturated rings. The third-order valence-electron chi connectivity index (χ3n) is 0.852. The molecule has 7 heavy (non-hydrogen) atoms. The zero-order chi connectivity index (χ0) is 5.11. The van der Waals surface area contributed by atoms with E-state index in [4.69, 9.17) is 0 Å². The number of aliphatic imine (C=N–C) groups is 1. The van der Waals surface area contributed by atoms with Crippen molar-refractivity contribution < 1.29 is 0 Å². The fraction of sp³-hybridized carbons (Fsp3) is 0.400. The molecule has 0 aromatic heterocycles. The number of allylic oxidation sites excluding steroid dienone is 1. The lowest BCUT2D eigenvalue weighted by Crippen LogP contribution is -1.65. The maximum Gasteiger partial charge on any atom is 0.0585 e. The first kappa shape index (κ1) is 4.91. The lowest BCUT2D eigenvalue weighted by atomic mass is 10.6. The second-order valence-electron chi connectivity index (χ2n) is 1.30. The Bertz CT molecular complexity index is 115. The van der Waals surface area contributed by atoms with E-state index in [0.717, 1.165) is 6.54 Å². The maximum atomic E-state index is 4.00. The molecule has 1 aliphatic heterocycles. The molecule has 2 heteroatoms. The van der Waals surface area contributed by atoms with Crippen LogP contribution in [-0.4, -0.2) is 19.0 Å². The van der Waals surface area contributed by atoms with Crippen LogP contribution < -0.4 is 0 Å². The lowest BCUT2D eigenvalue weighted by molar-refractivity contribution is 1.29. The van der Waals surface area contributed by atoms with Crippen LogP contribution in [0.15, 0.2) is 16.0 Å². The van der Waals surface area contributed by atoms with Crippen molar-refractivity contribution in [2.24, 2.45) is 4.99 Å². The van der Waals surface area contributed by atoms with Gasteiger partial charge in [0.2, 0.25) is 0 Å². The van der Waals surface area contributed by atoms with Gasteiger partial charge in [0.15, 0.2) is 0 Å². The molecule has 0 unspecified atom stereocenters. The summed E-state index contributed by atoms with van der Waals surface area (Å²) in [5, 5.41) is 0. The average molecular weight is 113 g/mol. The van der Waals surface area contributed by atoms with Gasteiger partial charge < -0.3 is 0 Å². The monoisotopic (exact) mass is 113 g/mol. The molecule has 0 aliphatic carbocycles. The quantitative estimate of drug-likeness (QED) is 0.499. The third-order valence-corrected chi connectivity index (χ3v) is 1.60. The molecule has 38 valence electrons. The van der Waals surface area contributed by atoms with Crippen LogP contribution in [0.25, 0.3) is 0 Å². The van der Waals surface area contributed by atoms with E-state index in [0.29, 0.717) is 0 Å². The molecule has 0 aromatic carbocycles. The molecule has 0 saturated heterocycles. The highest BCUT2D eigenvalue weighted by atomic mass is 32.2. The van der Waals surface area contributed by atoms with Crippen molar-refractivity contribution in [1.29, 1.82) is 0 Å². The molecule has 1 aliphatic rings. The molecule has 0 radical (unpaired) electrons. The zero-order valence-electron chi connectivity index (χ0n) is 4.22. The Balaban J connectivity index is 2.52. The Kier molecular flexibility index (Phi) is 1.52. The van der Waals surface area contributed by atoms with Crippen LogP contribution in [0.4, 0.5) is 0 Å². The van der Waals surface area contributed by atoms with Crippen molar-refractivity contribution in [3.05, 3.63) is 11.0 Å². The van der Waals surface area contributed by atoms with Gasteiger partial charge in [-0.1, -0.05) is 0 Å². The maximum absolute atomic E-state index is 4.00. The van der Waals surface area contributed by atoms with E-state index < -0.39 is 0 Å². The van der Waals surface area contributed by atoms with Gasteiger partial charge in [0, 0.05) is 11.1 Å². The Hall–Kier alpha value is -0.240. The first-order chi connectivity index (χ1) is 3.43. The summed E-state index contributed by atoms with van der Waals surface area (Å²) in [5.74, 6) is 0. The highest BCUT2D eigenvalue weighted by Crippen LogP contribution is 2.11. The number of nitrogens with zero attached hydrogens (tertiary/aromatic N) is 1. The second kappa shape index (κ2) is 2.17. The van der Waals surface area contributed by atoms with Crippen molar-refractivity contribution in [2.45, 2.75) is 0 Å². The summed E-state index contributed by atoms with van der Waals surface area (Å²) >= 11 is 1.74. The SMILES string of the molecule is CSC1=CCN=C1. The number of thioether (sulfide) groups is 1. The highest BCUT2D eigenvalue weighted by molar-refractivity contribution is 8.03. The van der Waals surface area contributed by atoms with Crippen LogP contribution in [0.5, 0.6) is 0 Å². The molecule has 0 amide bonds. The summed E-state index contributed by atoms with van der Waals surface area (Å²) in [6.07, 6.45) is 6.08. The average Bonchev–Trinajstić information content (AvgIpc) is 2.14. The summed E-state index contributed by atoms with van der Waals surface area (Å²) in [7, 11) is 0. The molecule has 1 nitrogen and oxygen atoms in total.